The Labute approximate surface area is 94.3 Å². The van der Waals surface area contributed by atoms with Crippen molar-refractivity contribution in [2.75, 3.05) is 18.4 Å². The van der Waals surface area contributed by atoms with Crippen LogP contribution in [0.1, 0.15) is 17.8 Å². The van der Waals surface area contributed by atoms with Gasteiger partial charge in [0.05, 0.1) is 0 Å². The molecule has 0 saturated carbocycles. The molecule has 1 atom stereocenters. The third kappa shape index (κ3) is 2.82. The maximum Gasteiger partial charge on any atom is 0.445 e. The first-order chi connectivity index (χ1) is 7.55. The van der Waals surface area contributed by atoms with Crippen molar-refractivity contribution in [2.45, 2.75) is 25.1 Å². The molecule has 2 rings (SSSR count). The molecular formula is C8H11F3N4S. The molecule has 1 aromatic heterocycles. The Morgan fingerprint density at radius 2 is 2.19 bits per heavy atom. The van der Waals surface area contributed by atoms with Crippen molar-refractivity contribution in [3.63, 3.8) is 0 Å². The van der Waals surface area contributed by atoms with Crippen molar-refractivity contribution in [1.82, 2.24) is 15.5 Å². The second kappa shape index (κ2) is 4.54. The normalized spacial score (nSPS) is 22.1. The van der Waals surface area contributed by atoms with Crippen LogP contribution in [0.25, 0.3) is 0 Å². The Bertz CT molecular complexity index is 345. The first-order valence-electron chi connectivity index (χ1n) is 4.93. The molecular weight excluding hydrogens is 241 g/mol. The molecule has 2 N–H and O–H groups in total. The van der Waals surface area contributed by atoms with Gasteiger partial charge in [-0.05, 0) is 19.4 Å². The van der Waals surface area contributed by atoms with Crippen molar-refractivity contribution in [1.29, 1.82) is 0 Å². The summed E-state index contributed by atoms with van der Waals surface area (Å²) < 4.78 is 36.7. The number of nitrogens with zero attached hydrogens (tertiary/aromatic N) is 2. The second-order valence-electron chi connectivity index (χ2n) is 3.60. The van der Waals surface area contributed by atoms with Gasteiger partial charge in [-0.15, -0.1) is 10.2 Å². The first-order valence-corrected chi connectivity index (χ1v) is 5.75. The van der Waals surface area contributed by atoms with Gasteiger partial charge >= 0.3 is 6.18 Å². The molecule has 0 radical (unpaired) electrons. The third-order valence-corrected chi connectivity index (χ3v) is 3.19. The molecule has 2 heterocycles. The summed E-state index contributed by atoms with van der Waals surface area (Å²) in [5, 5.41) is 12.1. The SMILES string of the molecule is FC(F)(F)c1nnc(NC2CCCNC2)s1. The fourth-order valence-corrected chi connectivity index (χ4v) is 2.23. The molecule has 0 aliphatic carbocycles. The highest BCUT2D eigenvalue weighted by molar-refractivity contribution is 7.15. The van der Waals surface area contributed by atoms with E-state index >= 15 is 0 Å². The van der Waals surface area contributed by atoms with Crippen LogP contribution < -0.4 is 10.6 Å². The predicted molar refractivity (Wildman–Crippen MR) is 54.4 cm³/mol. The van der Waals surface area contributed by atoms with Gasteiger partial charge < -0.3 is 10.6 Å². The quantitative estimate of drug-likeness (QED) is 0.841. The van der Waals surface area contributed by atoms with Gasteiger partial charge in [-0.25, -0.2) is 0 Å². The molecule has 0 spiro atoms. The number of halogens is 3. The zero-order valence-electron chi connectivity index (χ0n) is 8.34. The summed E-state index contributed by atoms with van der Waals surface area (Å²) in [6, 6.07) is 0.141. The topological polar surface area (TPSA) is 49.8 Å². The van der Waals surface area contributed by atoms with Gasteiger partial charge in [0, 0.05) is 12.6 Å². The first kappa shape index (κ1) is 11.6. The van der Waals surface area contributed by atoms with Crippen LogP contribution in [0.3, 0.4) is 0 Å². The van der Waals surface area contributed by atoms with Crippen molar-refractivity contribution in [3.8, 4) is 0 Å². The fraction of sp³-hybridized carbons (Fsp3) is 0.750. The third-order valence-electron chi connectivity index (χ3n) is 2.29. The summed E-state index contributed by atoms with van der Waals surface area (Å²) in [4.78, 5) is 0. The highest BCUT2D eigenvalue weighted by atomic mass is 32.1. The van der Waals surface area contributed by atoms with Crippen LogP contribution in [0.15, 0.2) is 0 Å². The monoisotopic (exact) mass is 252 g/mol. The van der Waals surface area contributed by atoms with Crippen molar-refractivity contribution < 1.29 is 13.2 Å². The number of anilines is 1. The number of rotatable bonds is 2. The number of alkyl halides is 3. The lowest BCUT2D eigenvalue weighted by atomic mass is 10.1. The van der Waals surface area contributed by atoms with E-state index in [1.165, 1.54) is 0 Å². The minimum Gasteiger partial charge on any atom is -0.356 e. The molecule has 0 aromatic carbocycles. The van der Waals surface area contributed by atoms with Gasteiger partial charge in [-0.1, -0.05) is 11.3 Å². The van der Waals surface area contributed by atoms with Gasteiger partial charge in [0.25, 0.3) is 0 Å². The van der Waals surface area contributed by atoms with Gasteiger partial charge in [0.2, 0.25) is 10.1 Å². The van der Waals surface area contributed by atoms with Crippen LogP contribution >= 0.6 is 11.3 Å². The maximum atomic E-state index is 12.2. The number of hydrogen-bond donors (Lipinski definition) is 2. The molecule has 1 fully saturated rings. The molecule has 16 heavy (non-hydrogen) atoms. The van der Waals surface area contributed by atoms with E-state index in [-0.39, 0.29) is 11.2 Å². The number of nitrogens with one attached hydrogen (secondary N) is 2. The van der Waals surface area contributed by atoms with E-state index in [1.54, 1.807) is 0 Å². The van der Waals surface area contributed by atoms with E-state index in [4.69, 9.17) is 0 Å². The minimum absolute atomic E-state index is 0.141. The number of piperidine rings is 1. The molecule has 0 amide bonds. The summed E-state index contributed by atoms with van der Waals surface area (Å²) in [5.41, 5.74) is 0. The Morgan fingerprint density at radius 1 is 1.38 bits per heavy atom. The van der Waals surface area contributed by atoms with Crippen molar-refractivity contribution in [2.24, 2.45) is 0 Å². The van der Waals surface area contributed by atoms with E-state index in [9.17, 15) is 13.2 Å². The van der Waals surface area contributed by atoms with Crippen LogP contribution in [-0.2, 0) is 6.18 Å². The van der Waals surface area contributed by atoms with Gasteiger partial charge in [-0.2, -0.15) is 13.2 Å². The van der Waals surface area contributed by atoms with E-state index in [2.05, 4.69) is 20.8 Å². The van der Waals surface area contributed by atoms with E-state index < -0.39 is 11.2 Å². The number of hydrogen-bond acceptors (Lipinski definition) is 5. The molecule has 1 aromatic rings. The fourth-order valence-electron chi connectivity index (χ4n) is 1.55. The Balaban J connectivity index is 1.97. The Hall–Kier alpha value is -0.890. The highest BCUT2D eigenvalue weighted by Gasteiger charge is 2.35. The summed E-state index contributed by atoms with van der Waals surface area (Å²) in [6.07, 6.45) is -2.45. The van der Waals surface area contributed by atoms with Gasteiger partial charge in [0.1, 0.15) is 0 Å². The van der Waals surface area contributed by atoms with Crippen LogP contribution in [0.5, 0.6) is 0 Å². The molecule has 8 heteroatoms. The van der Waals surface area contributed by atoms with Crippen LogP contribution in [-0.4, -0.2) is 29.3 Å². The Kier molecular flexibility index (Phi) is 3.29. The van der Waals surface area contributed by atoms with Crippen LogP contribution in [0.4, 0.5) is 18.3 Å². The van der Waals surface area contributed by atoms with E-state index in [0.717, 1.165) is 25.9 Å². The average molecular weight is 252 g/mol. The molecule has 1 aliphatic heterocycles. The van der Waals surface area contributed by atoms with Crippen LogP contribution in [0.2, 0.25) is 0 Å². The standard InChI is InChI=1S/C8H11F3N4S/c9-8(10,11)6-14-15-7(16-6)13-5-2-1-3-12-4-5/h5,12H,1-4H2,(H,13,15). The summed E-state index contributed by atoms with van der Waals surface area (Å²) in [5.74, 6) is 0. The summed E-state index contributed by atoms with van der Waals surface area (Å²) >= 11 is 0.547. The summed E-state index contributed by atoms with van der Waals surface area (Å²) in [7, 11) is 0. The zero-order chi connectivity index (χ0) is 11.6. The van der Waals surface area contributed by atoms with E-state index in [0.29, 0.717) is 11.3 Å². The molecule has 4 nitrogen and oxygen atoms in total. The largest absolute Gasteiger partial charge is 0.445 e. The number of aromatic nitrogens is 2. The smallest absolute Gasteiger partial charge is 0.356 e. The molecule has 1 unspecified atom stereocenters. The van der Waals surface area contributed by atoms with Gasteiger partial charge in [0.15, 0.2) is 0 Å². The second-order valence-corrected chi connectivity index (χ2v) is 4.58. The highest BCUT2D eigenvalue weighted by Crippen LogP contribution is 2.33. The minimum atomic E-state index is -4.40. The average Bonchev–Trinajstić information content (AvgIpc) is 2.67. The van der Waals surface area contributed by atoms with Gasteiger partial charge in [-0.3, -0.25) is 0 Å². The van der Waals surface area contributed by atoms with E-state index in [1.807, 2.05) is 0 Å². The predicted octanol–water partition coefficient (Wildman–Crippen LogP) is 1.72. The lowest BCUT2D eigenvalue weighted by Crippen LogP contribution is -2.38. The maximum absolute atomic E-state index is 12.2. The van der Waals surface area contributed by atoms with Crippen molar-refractivity contribution in [3.05, 3.63) is 5.01 Å². The zero-order valence-corrected chi connectivity index (χ0v) is 9.16. The Morgan fingerprint density at radius 3 is 2.75 bits per heavy atom. The molecule has 1 aliphatic rings. The lowest BCUT2D eigenvalue weighted by Gasteiger charge is -2.23. The molecule has 1 saturated heterocycles. The van der Waals surface area contributed by atoms with Crippen LogP contribution in [0, 0.1) is 0 Å². The van der Waals surface area contributed by atoms with Crippen molar-refractivity contribution >= 4 is 16.5 Å². The lowest BCUT2D eigenvalue weighted by molar-refractivity contribution is -0.138. The molecule has 90 valence electrons. The summed E-state index contributed by atoms with van der Waals surface area (Å²) in [6.45, 7) is 1.71. The molecule has 0 bridgehead atoms.